The number of carbonyl (C=O) groups excluding carboxylic acids is 1. The lowest BCUT2D eigenvalue weighted by atomic mass is 10.3. The fourth-order valence-electron chi connectivity index (χ4n) is 1.66. The van der Waals surface area contributed by atoms with Crippen LogP contribution in [-0.2, 0) is 4.79 Å². The van der Waals surface area contributed by atoms with E-state index >= 15 is 0 Å². The van der Waals surface area contributed by atoms with Gasteiger partial charge in [-0.3, -0.25) is 4.79 Å². The monoisotopic (exact) mass is 359 g/mol. The van der Waals surface area contributed by atoms with Gasteiger partial charge >= 0.3 is 0 Å². The highest BCUT2D eigenvalue weighted by atomic mass is 35.5. The van der Waals surface area contributed by atoms with Crippen molar-refractivity contribution in [2.45, 2.75) is 15.5 Å². The summed E-state index contributed by atoms with van der Waals surface area (Å²) in [5.41, 5.74) is 0.387. The van der Waals surface area contributed by atoms with E-state index in [0.29, 0.717) is 27.4 Å². The van der Waals surface area contributed by atoms with E-state index in [-0.39, 0.29) is 11.7 Å². The summed E-state index contributed by atoms with van der Waals surface area (Å²) in [6.07, 6.45) is 0. The maximum atomic E-state index is 12.5. The largest absolute Gasteiger partial charge is 0.324 e. The van der Waals surface area contributed by atoms with Crippen LogP contribution in [0.3, 0.4) is 0 Å². The summed E-state index contributed by atoms with van der Waals surface area (Å²) >= 11 is 7.71. The van der Waals surface area contributed by atoms with Crippen LogP contribution in [0, 0.1) is 0 Å². The number of anilines is 1. The quantitative estimate of drug-likeness (QED) is 0.701. The molecule has 0 unspecified atom stereocenters. The number of benzene rings is 2. The average Bonchev–Trinajstić information content (AvgIpc) is 2.48. The van der Waals surface area contributed by atoms with Crippen LogP contribution in [0.25, 0.3) is 0 Å². The molecule has 1 amide bonds. The Kier molecular flexibility index (Phi) is 6.54. The molecule has 0 spiro atoms. The van der Waals surface area contributed by atoms with Gasteiger partial charge in [-0.1, -0.05) is 47.6 Å². The van der Waals surface area contributed by atoms with Crippen LogP contribution < -0.4 is 5.32 Å². The zero-order chi connectivity index (χ0) is 15.9. The third-order valence-corrected chi connectivity index (χ3v) is 4.88. The van der Waals surface area contributed by atoms with E-state index in [2.05, 4.69) is 5.32 Å². The second-order valence-corrected chi connectivity index (χ2v) is 6.60. The Bertz CT molecular complexity index is 655. The van der Waals surface area contributed by atoms with Crippen LogP contribution in [0.2, 0.25) is 5.02 Å². The van der Waals surface area contributed by atoms with Gasteiger partial charge in [0.2, 0.25) is 5.91 Å². The molecule has 0 saturated heterocycles. The Balaban J connectivity index is 1.96. The molecule has 0 radical (unpaired) electrons. The highest BCUT2D eigenvalue weighted by molar-refractivity contribution is 8.00. The Morgan fingerprint density at radius 3 is 2.41 bits per heavy atom. The lowest BCUT2D eigenvalue weighted by Crippen LogP contribution is -2.14. The number of hydrogen-bond donors (Lipinski definition) is 1. The van der Waals surface area contributed by atoms with Crippen LogP contribution in [-0.4, -0.2) is 17.4 Å². The molecule has 1 N–H and O–H groups in total. The summed E-state index contributed by atoms with van der Waals surface area (Å²) in [5.74, 6) is -2.65. The predicted octanol–water partition coefficient (Wildman–Crippen LogP) is 5.39. The van der Waals surface area contributed by atoms with Crippen molar-refractivity contribution >= 4 is 46.7 Å². The van der Waals surface area contributed by atoms with Crippen molar-refractivity contribution in [3.8, 4) is 0 Å². The zero-order valence-electron chi connectivity index (χ0n) is 11.3. The van der Waals surface area contributed by atoms with Crippen molar-refractivity contribution in [1.82, 2.24) is 0 Å². The van der Waals surface area contributed by atoms with E-state index in [4.69, 9.17) is 11.6 Å². The molecule has 0 fully saturated rings. The van der Waals surface area contributed by atoms with Crippen molar-refractivity contribution in [1.29, 1.82) is 0 Å². The lowest BCUT2D eigenvalue weighted by molar-refractivity contribution is -0.113. The molecule has 0 atom stereocenters. The van der Waals surface area contributed by atoms with E-state index in [9.17, 15) is 13.6 Å². The summed E-state index contributed by atoms with van der Waals surface area (Å²) < 4.78 is 25.0. The fraction of sp³-hybridized carbons (Fsp3) is 0.133. The Labute approximate surface area is 140 Å². The summed E-state index contributed by atoms with van der Waals surface area (Å²) in [6.45, 7) is 0. The number of hydrogen-bond acceptors (Lipinski definition) is 3. The number of thioether (sulfide) groups is 2. The maximum Gasteiger partial charge on any atom is 0.288 e. The van der Waals surface area contributed by atoms with Crippen molar-refractivity contribution in [2.24, 2.45) is 0 Å². The molecule has 0 aliphatic rings. The second-order valence-electron chi connectivity index (χ2n) is 4.14. The highest BCUT2D eigenvalue weighted by Crippen LogP contribution is 2.32. The molecule has 22 heavy (non-hydrogen) atoms. The number of halogens is 3. The summed E-state index contributed by atoms with van der Waals surface area (Å²) in [6, 6.07) is 13.7. The number of para-hydroxylation sites is 1. The Morgan fingerprint density at radius 1 is 1.09 bits per heavy atom. The molecule has 2 aromatic carbocycles. The van der Waals surface area contributed by atoms with E-state index in [1.807, 2.05) is 18.2 Å². The normalized spacial score (nSPS) is 10.7. The lowest BCUT2D eigenvalue weighted by Gasteiger charge is -2.10. The van der Waals surface area contributed by atoms with Gasteiger partial charge in [0.15, 0.2) is 0 Å². The van der Waals surface area contributed by atoms with Gasteiger partial charge < -0.3 is 5.32 Å². The molecule has 0 aromatic heterocycles. The number of alkyl halides is 2. The van der Waals surface area contributed by atoms with Gasteiger partial charge in [0.05, 0.1) is 16.5 Å². The minimum absolute atomic E-state index is 0.150. The highest BCUT2D eigenvalue weighted by Gasteiger charge is 2.12. The van der Waals surface area contributed by atoms with Gasteiger partial charge in [-0.2, -0.15) is 8.78 Å². The first-order chi connectivity index (χ1) is 10.6. The second kappa shape index (κ2) is 8.41. The van der Waals surface area contributed by atoms with Crippen LogP contribution in [0.15, 0.2) is 58.3 Å². The van der Waals surface area contributed by atoms with Crippen LogP contribution in [0.1, 0.15) is 0 Å². The smallest absolute Gasteiger partial charge is 0.288 e. The van der Waals surface area contributed by atoms with Gasteiger partial charge in [0, 0.05) is 9.79 Å². The van der Waals surface area contributed by atoms with Crippen LogP contribution >= 0.6 is 35.1 Å². The van der Waals surface area contributed by atoms with Gasteiger partial charge in [0.25, 0.3) is 5.76 Å². The predicted molar refractivity (Wildman–Crippen MR) is 89.1 cm³/mol. The number of rotatable bonds is 6. The number of nitrogens with one attached hydrogen (secondary N) is 1. The molecule has 0 heterocycles. The molecule has 7 heteroatoms. The van der Waals surface area contributed by atoms with E-state index in [0.717, 1.165) is 4.90 Å². The SMILES string of the molecule is O=C(CSc1ccccc1Cl)Nc1ccccc1SC(F)F. The zero-order valence-corrected chi connectivity index (χ0v) is 13.7. The number of amides is 1. The van der Waals surface area contributed by atoms with E-state index in [1.165, 1.54) is 11.8 Å². The molecular weight excluding hydrogens is 348 g/mol. The molecule has 2 nitrogen and oxygen atoms in total. The Morgan fingerprint density at radius 2 is 1.73 bits per heavy atom. The molecule has 2 aromatic rings. The average molecular weight is 360 g/mol. The molecule has 0 bridgehead atoms. The number of carbonyl (C=O) groups is 1. The van der Waals surface area contributed by atoms with Gasteiger partial charge in [-0.05, 0) is 24.3 Å². The molecule has 116 valence electrons. The van der Waals surface area contributed by atoms with Gasteiger partial charge in [-0.25, -0.2) is 0 Å². The first-order valence-corrected chi connectivity index (χ1v) is 8.51. The van der Waals surface area contributed by atoms with Gasteiger partial charge in [-0.15, -0.1) is 11.8 Å². The summed E-state index contributed by atoms with van der Waals surface area (Å²) in [5, 5.41) is 3.23. The van der Waals surface area contributed by atoms with Crippen molar-refractivity contribution < 1.29 is 13.6 Å². The van der Waals surface area contributed by atoms with Crippen LogP contribution in [0.5, 0.6) is 0 Å². The van der Waals surface area contributed by atoms with Crippen molar-refractivity contribution in [3.63, 3.8) is 0 Å². The summed E-state index contributed by atoms with van der Waals surface area (Å²) in [7, 11) is 0. The summed E-state index contributed by atoms with van der Waals surface area (Å²) in [4.78, 5) is 13.1. The van der Waals surface area contributed by atoms with Crippen molar-refractivity contribution in [2.75, 3.05) is 11.1 Å². The maximum absolute atomic E-state index is 12.5. The Hall–Kier alpha value is -1.24. The first kappa shape index (κ1) is 17.1. The molecule has 0 aliphatic carbocycles. The van der Waals surface area contributed by atoms with E-state index < -0.39 is 5.76 Å². The topological polar surface area (TPSA) is 29.1 Å². The first-order valence-electron chi connectivity index (χ1n) is 6.27. The minimum atomic E-state index is -2.53. The van der Waals surface area contributed by atoms with E-state index in [1.54, 1.807) is 30.3 Å². The minimum Gasteiger partial charge on any atom is -0.324 e. The van der Waals surface area contributed by atoms with Gasteiger partial charge in [0.1, 0.15) is 0 Å². The third-order valence-electron chi connectivity index (χ3n) is 2.57. The molecular formula is C15H12ClF2NOS2. The molecule has 2 rings (SSSR count). The third kappa shape index (κ3) is 5.19. The van der Waals surface area contributed by atoms with Crippen LogP contribution in [0.4, 0.5) is 14.5 Å². The standard InChI is InChI=1S/C15H12ClF2NOS2/c16-10-5-1-3-7-12(10)21-9-14(20)19-11-6-2-4-8-13(11)22-15(17)18/h1-8,15H,9H2,(H,19,20). The van der Waals surface area contributed by atoms with Crippen molar-refractivity contribution in [3.05, 3.63) is 53.6 Å². The molecule has 0 saturated carbocycles. The molecule has 0 aliphatic heterocycles. The fourth-order valence-corrected chi connectivity index (χ4v) is 3.29.